The second kappa shape index (κ2) is 8.24. The molecule has 1 fully saturated rings. The van der Waals surface area contributed by atoms with E-state index in [0.717, 1.165) is 38.4 Å². The third-order valence-corrected chi connectivity index (χ3v) is 4.19. The Bertz CT molecular complexity index is 694. The van der Waals surface area contributed by atoms with Crippen molar-refractivity contribution >= 4 is 5.91 Å². The number of nitrogens with one attached hydrogen (secondary N) is 1. The van der Waals surface area contributed by atoms with E-state index < -0.39 is 6.10 Å². The van der Waals surface area contributed by atoms with E-state index in [2.05, 4.69) is 15.4 Å². The molecule has 0 radical (unpaired) electrons. The summed E-state index contributed by atoms with van der Waals surface area (Å²) in [5.41, 5.74) is 1.51. The minimum absolute atomic E-state index is 0.183. The highest BCUT2D eigenvalue weighted by molar-refractivity contribution is 6.00. The van der Waals surface area contributed by atoms with Gasteiger partial charge in [0.25, 0.3) is 5.91 Å². The number of nitrogens with zero attached hydrogens (tertiary/aromatic N) is 2. The summed E-state index contributed by atoms with van der Waals surface area (Å²) in [6, 6.07) is 9.34. The fourth-order valence-corrected chi connectivity index (χ4v) is 2.84. The van der Waals surface area contributed by atoms with Crippen LogP contribution in [0.4, 0.5) is 0 Å². The highest BCUT2D eigenvalue weighted by Crippen LogP contribution is 2.28. The molecule has 1 aliphatic heterocycles. The first-order chi connectivity index (χ1) is 12.2. The number of aliphatic hydroxyl groups excluding tert-OH is 1. The quantitative estimate of drug-likeness (QED) is 0.824. The van der Waals surface area contributed by atoms with Gasteiger partial charge in [0, 0.05) is 31.7 Å². The van der Waals surface area contributed by atoms with Crippen LogP contribution >= 0.6 is 0 Å². The number of benzene rings is 1. The van der Waals surface area contributed by atoms with Gasteiger partial charge in [-0.15, -0.1) is 0 Å². The van der Waals surface area contributed by atoms with Gasteiger partial charge in [-0.1, -0.05) is 35.5 Å². The lowest BCUT2D eigenvalue weighted by Crippen LogP contribution is -2.41. The van der Waals surface area contributed by atoms with Crippen LogP contribution in [0.5, 0.6) is 0 Å². The number of morpholine rings is 1. The lowest BCUT2D eigenvalue weighted by Gasteiger charge is -2.26. The number of aromatic nitrogens is 1. The summed E-state index contributed by atoms with van der Waals surface area (Å²) in [6.45, 7) is 6.02. The van der Waals surface area contributed by atoms with Gasteiger partial charge in [-0.05, 0) is 6.92 Å². The maximum atomic E-state index is 12.7. The van der Waals surface area contributed by atoms with E-state index in [9.17, 15) is 9.90 Å². The summed E-state index contributed by atoms with van der Waals surface area (Å²) in [4.78, 5) is 14.9. The van der Waals surface area contributed by atoms with Crippen molar-refractivity contribution < 1.29 is 19.2 Å². The van der Waals surface area contributed by atoms with Crippen LogP contribution < -0.4 is 5.32 Å². The average Bonchev–Trinajstić information content (AvgIpc) is 3.09. The minimum Gasteiger partial charge on any atom is -0.385 e. The summed E-state index contributed by atoms with van der Waals surface area (Å²) in [6.07, 6.45) is -0.912. The number of hydrogen-bond donors (Lipinski definition) is 2. The molecule has 7 heteroatoms. The van der Waals surface area contributed by atoms with Crippen LogP contribution in [-0.2, 0) is 4.74 Å². The van der Waals surface area contributed by atoms with Gasteiger partial charge < -0.3 is 19.7 Å². The standard InChI is InChI=1S/C18H23N3O4/c1-13(22)17-15(16(20-25-17)14-5-3-2-4-6-14)18(23)19-7-8-21-9-11-24-12-10-21/h2-6,13,22H,7-12H2,1H3,(H,19,23). The van der Waals surface area contributed by atoms with Crippen molar-refractivity contribution in [2.45, 2.75) is 13.0 Å². The molecule has 0 bridgehead atoms. The minimum atomic E-state index is -0.912. The Morgan fingerprint density at radius 3 is 2.72 bits per heavy atom. The Labute approximate surface area is 146 Å². The van der Waals surface area contributed by atoms with Crippen LogP contribution in [0.2, 0.25) is 0 Å². The molecule has 134 valence electrons. The molecule has 7 nitrogen and oxygen atoms in total. The molecular weight excluding hydrogens is 322 g/mol. The lowest BCUT2D eigenvalue weighted by molar-refractivity contribution is 0.0383. The second-order valence-corrected chi connectivity index (χ2v) is 6.02. The number of aliphatic hydroxyl groups is 1. The van der Waals surface area contributed by atoms with E-state index in [0.29, 0.717) is 17.8 Å². The fraction of sp³-hybridized carbons (Fsp3) is 0.444. The van der Waals surface area contributed by atoms with Crippen molar-refractivity contribution in [1.82, 2.24) is 15.4 Å². The summed E-state index contributed by atoms with van der Waals surface area (Å²) < 4.78 is 10.6. The molecule has 1 aliphatic rings. The Morgan fingerprint density at radius 1 is 1.32 bits per heavy atom. The van der Waals surface area contributed by atoms with E-state index >= 15 is 0 Å². The molecular formula is C18H23N3O4. The lowest BCUT2D eigenvalue weighted by atomic mass is 10.0. The normalized spacial score (nSPS) is 16.6. The molecule has 1 amide bonds. The van der Waals surface area contributed by atoms with Crippen LogP contribution in [0.3, 0.4) is 0 Å². The van der Waals surface area contributed by atoms with E-state index in [4.69, 9.17) is 9.26 Å². The monoisotopic (exact) mass is 345 g/mol. The Balaban J connectivity index is 1.72. The zero-order chi connectivity index (χ0) is 17.6. The maximum Gasteiger partial charge on any atom is 0.257 e. The summed E-state index contributed by atoms with van der Waals surface area (Å²) in [5, 5.41) is 16.8. The number of hydrogen-bond acceptors (Lipinski definition) is 6. The number of amides is 1. The van der Waals surface area contributed by atoms with Crippen LogP contribution in [0.25, 0.3) is 11.3 Å². The first kappa shape index (κ1) is 17.6. The van der Waals surface area contributed by atoms with Crippen LogP contribution in [0.1, 0.15) is 29.1 Å². The van der Waals surface area contributed by atoms with Crippen molar-refractivity contribution in [1.29, 1.82) is 0 Å². The molecule has 1 aromatic carbocycles. The Hall–Kier alpha value is -2.22. The van der Waals surface area contributed by atoms with Gasteiger partial charge in [0.15, 0.2) is 5.76 Å². The molecule has 0 spiro atoms. The molecule has 2 N–H and O–H groups in total. The molecule has 3 rings (SSSR count). The average molecular weight is 345 g/mol. The molecule has 1 unspecified atom stereocenters. The highest BCUT2D eigenvalue weighted by Gasteiger charge is 2.26. The molecule has 1 aromatic heterocycles. The van der Waals surface area contributed by atoms with Crippen LogP contribution in [0.15, 0.2) is 34.9 Å². The van der Waals surface area contributed by atoms with Gasteiger partial charge in [0.1, 0.15) is 17.4 Å². The molecule has 2 heterocycles. The van der Waals surface area contributed by atoms with Gasteiger partial charge in [-0.3, -0.25) is 9.69 Å². The molecule has 1 saturated heterocycles. The van der Waals surface area contributed by atoms with E-state index in [1.165, 1.54) is 0 Å². The van der Waals surface area contributed by atoms with Gasteiger partial charge in [0.05, 0.1) is 13.2 Å². The zero-order valence-corrected chi connectivity index (χ0v) is 14.3. The zero-order valence-electron chi connectivity index (χ0n) is 14.3. The highest BCUT2D eigenvalue weighted by atomic mass is 16.5. The number of carbonyl (C=O) groups is 1. The van der Waals surface area contributed by atoms with E-state index in [1.54, 1.807) is 6.92 Å². The summed E-state index contributed by atoms with van der Waals surface area (Å²) in [7, 11) is 0. The molecule has 0 aliphatic carbocycles. The second-order valence-electron chi connectivity index (χ2n) is 6.02. The number of carbonyl (C=O) groups excluding carboxylic acids is 1. The smallest absolute Gasteiger partial charge is 0.257 e. The fourth-order valence-electron chi connectivity index (χ4n) is 2.84. The van der Waals surface area contributed by atoms with Crippen molar-refractivity contribution in [3.8, 4) is 11.3 Å². The van der Waals surface area contributed by atoms with Crippen molar-refractivity contribution in [3.05, 3.63) is 41.7 Å². The van der Waals surface area contributed by atoms with Gasteiger partial charge in [-0.2, -0.15) is 0 Å². The SMILES string of the molecule is CC(O)c1onc(-c2ccccc2)c1C(=O)NCCN1CCOCC1. The summed E-state index contributed by atoms with van der Waals surface area (Å²) >= 11 is 0. The van der Waals surface area contributed by atoms with E-state index in [-0.39, 0.29) is 11.7 Å². The number of ether oxygens (including phenoxy) is 1. The Morgan fingerprint density at radius 2 is 2.04 bits per heavy atom. The first-order valence-corrected chi connectivity index (χ1v) is 8.48. The predicted molar refractivity (Wildman–Crippen MR) is 92.2 cm³/mol. The summed E-state index contributed by atoms with van der Waals surface area (Å²) in [5.74, 6) is -0.105. The molecule has 1 atom stereocenters. The van der Waals surface area contributed by atoms with Crippen LogP contribution in [-0.4, -0.2) is 60.5 Å². The largest absolute Gasteiger partial charge is 0.385 e. The topological polar surface area (TPSA) is 87.8 Å². The first-order valence-electron chi connectivity index (χ1n) is 8.48. The van der Waals surface area contributed by atoms with E-state index in [1.807, 2.05) is 30.3 Å². The van der Waals surface area contributed by atoms with Crippen molar-refractivity contribution in [2.24, 2.45) is 0 Å². The Kier molecular flexibility index (Phi) is 5.80. The molecule has 25 heavy (non-hydrogen) atoms. The van der Waals surface area contributed by atoms with Crippen molar-refractivity contribution in [2.75, 3.05) is 39.4 Å². The van der Waals surface area contributed by atoms with Crippen molar-refractivity contribution in [3.63, 3.8) is 0 Å². The van der Waals surface area contributed by atoms with Gasteiger partial charge in [-0.25, -0.2) is 0 Å². The molecule has 2 aromatic rings. The third-order valence-electron chi connectivity index (χ3n) is 4.19. The molecule has 0 saturated carbocycles. The van der Waals surface area contributed by atoms with Gasteiger partial charge >= 0.3 is 0 Å². The third kappa shape index (κ3) is 4.25. The van der Waals surface area contributed by atoms with Crippen LogP contribution in [0, 0.1) is 0 Å². The maximum absolute atomic E-state index is 12.7. The van der Waals surface area contributed by atoms with Gasteiger partial charge in [0.2, 0.25) is 0 Å². The number of rotatable bonds is 6. The predicted octanol–water partition coefficient (Wildman–Crippen LogP) is 1.46.